The van der Waals surface area contributed by atoms with Crippen molar-refractivity contribution in [1.29, 1.82) is 0 Å². The molecule has 0 spiro atoms. The Morgan fingerprint density at radius 1 is 1.10 bits per heavy atom. The van der Waals surface area contributed by atoms with Crippen LogP contribution < -0.4 is 118 Å². The summed E-state index contributed by atoms with van der Waals surface area (Å²) in [5, 5.41) is 2.74. The molecule has 1 aromatic rings. The summed E-state index contributed by atoms with van der Waals surface area (Å²) < 4.78 is 14.2. The number of phosphoric ester groups is 1. The smallest absolute Gasteiger partial charge is 0.790 e. The minimum atomic E-state index is -4.86. The van der Waals surface area contributed by atoms with Gasteiger partial charge >= 0.3 is 103 Å². The Kier molecular flexibility index (Phi) is 17.4. The molecule has 0 aliphatic heterocycles. The van der Waals surface area contributed by atoms with E-state index in [2.05, 4.69) is 9.84 Å². The van der Waals surface area contributed by atoms with Gasteiger partial charge in [-0.25, -0.2) is 0 Å². The van der Waals surface area contributed by atoms with E-state index in [1.54, 1.807) is 12.1 Å². The molecule has 0 aliphatic carbocycles. The number of para-hydroxylation sites is 1. The standard InChI is InChI=1S/C12H18NO5P.2K/c14-12(13-11-7-3-1-4-8-11)9-5-2-6-10-18-19(15,16)17;;/h1,3-4,7-8H,2,5-6,9-10H2,(H,13,14)(H2,15,16,17);;/q;2*+1/p-2. The van der Waals surface area contributed by atoms with Crippen molar-refractivity contribution in [2.75, 3.05) is 11.9 Å². The molecule has 0 radical (unpaired) electrons. The normalized spacial score (nSPS) is 10.2. The molecule has 0 heterocycles. The molecule has 21 heavy (non-hydrogen) atoms. The molecular formula is C12H16K2NO5P. The van der Waals surface area contributed by atoms with Gasteiger partial charge in [-0.1, -0.05) is 24.6 Å². The topological polar surface area (TPSA) is 102 Å². The number of phosphoric acid groups is 1. The first-order valence-corrected chi connectivity index (χ1v) is 7.45. The van der Waals surface area contributed by atoms with Gasteiger partial charge in [-0.15, -0.1) is 0 Å². The van der Waals surface area contributed by atoms with E-state index in [9.17, 15) is 19.1 Å². The molecule has 9 heteroatoms. The summed E-state index contributed by atoms with van der Waals surface area (Å²) >= 11 is 0. The van der Waals surface area contributed by atoms with E-state index in [-0.39, 0.29) is 115 Å². The van der Waals surface area contributed by atoms with E-state index < -0.39 is 7.82 Å². The number of hydrogen-bond acceptors (Lipinski definition) is 5. The average molecular weight is 363 g/mol. The number of carbonyl (C=O) groups is 1. The molecule has 1 amide bonds. The van der Waals surface area contributed by atoms with Crippen LogP contribution in [-0.2, 0) is 13.9 Å². The predicted octanol–water partition coefficient (Wildman–Crippen LogP) is -4.96. The molecule has 0 fully saturated rings. The molecule has 0 aliphatic rings. The Bertz CT molecular complexity index is 441. The van der Waals surface area contributed by atoms with Crippen molar-refractivity contribution in [2.45, 2.75) is 25.7 Å². The Labute approximate surface area is 209 Å². The maximum Gasteiger partial charge on any atom is 1.00 e. The van der Waals surface area contributed by atoms with E-state index in [1.165, 1.54) is 0 Å². The van der Waals surface area contributed by atoms with Crippen LogP contribution in [0.25, 0.3) is 0 Å². The minimum absolute atomic E-state index is 0. The number of anilines is 1. The third-order valence-electron chi connectivity index (χ3n) is 2.36. The fourth-order valence-electron chi connectivity index (χ4n) is 1.49. The maximum atomic E-state index is 11.5. The molecule has 106 valence electrons. The Balaban J connectivity index is 0. The number of benzene rings is 1. The van der Waals surface area contributed by atoms with E-state index in [1.807, 2.05) is 18.2 Å². The van der Waals surface area contributed by atoms with Gasteiger partial charge in [0.05, 0.1) is 14.4 Å². The number of hydrogen-bond donors (Lipinski definition) is 1. The van der Waals surface area contributed by atoms with Gasteiger partial charge in [0.25, 0.3) is 0 Å². The van der Waals surface area contributed by atoms with Crippen LogP contribution in [0.2, 0.25) is 0 Å². The Morgan fingerprint density at radius 3 is 2.29 bits per heavy atom. The SMILES string of the molecule is O=C(CCCCCOP(=O)([O-])[O-])Nc1ccccc1.[K+].[K+]. The first-order chi connectivity index (χ1) is 8.97. The summed E-state index contributed by atoms with van der Waals surface area (Å²) in [6.45, 7) is -0.120. The van der Waals surface area contributed by atoms with Crippen molar-refractivity contribution < 1.29 is 126 Å². The number of unbranched alkanes of at least 4 members (excludes halogenated alkanes) is 2. The average Bonchev–Trinajstić information content (AvgIpc) is 2.33. The fraction of sp³-hybridized carbons (Fsp3) is 0.417. The van der Waals surface area contributed by atoms with E-state index >= 15 is 0 Å². The van der Waals surface area contributed by atoms with Crippen molar-refractivity contribution in [3.8, 4) is 0 Å². The van der Waals surface area contributed by atoms with E-state index in [0.29, 0.717) is 25.7 Å². The van der Waals surface area contributed by atoms with Crippen LogP contribution in [0.3, 0.4) is 0 Å². The van der Waals surface area contributed by atoms with Crippen molar-refractivity contribution in [3.63, 3.8) is 0 Å². The number of carbonyl (C=O) groups excluding carboxylic acids is 1. The van der Waals surface area contributed by atoms with E-state index in [0.717, 1.165) is 5.69 Å². The second-order valence-electron chi connectivity index (χ2n) is 4.01. The van der Waals surface area contributed by atoms with Gasteiger partial charge in [0, 0.05) is 12.1 Å². The van der Waals surface area contributed by atoms with Crippen molar-refractivity contribution in [1.82, 2.24) is 0 Å². The van der Waals surface area contributed by atoms with Crippen molar-refractivity contribution in [2.24, 2.45) is 0 Å². The maximum absolute atomic E-state index is 11.5. The summed E-state index contributed by atoms with van der Waals surface area (Å²) in [5.41, 5.74) is 0.745. The van der Waals surface area contributed by atoms with Crippen LogP contribution in [0.15, 0.2) is 30.3 Å². The van der Waals surface area contributed by atoms with Gasteiger partial charge in [-0.2, -0.15) is 0 Å². The quantitative estimate of drug-likeness (QED) is 0.283. The summed E-state index contributed by atoms with van der Waals surface area (Å²) in [7, 11) is -4.86. The predicted molar refractivity (Wildman–Crippen MR) is 67.1 cm³/mol. The summed E-state index contributed by atoms with van der Waals surface area (Å²) in [4.78, 5) is 31.8. The molecule has 0 aromatic heterocycles. The van der Waals surface area contributed by atoms with E-state index in [4.69, 9.17) is 0 Å². The Morgan fingerprint density at radius 2 is 1.71 bits per heavy atom. The Hall–Kier alpha value is 2.07. The van der Waals surface area contributed by atoms with Gasteiger partial charge in [-0.05, 0) is 25.0 Å². The molecule has 0 unspecified atom stereocenters. The molecule has 1 aromatic carbocycles. The number of amides is 1. The van der Waals surface area contributed by atoms with Crippen molar-refractivity contribution in [3.05, 3.63) is 30.3 Å². The molecular weight excluding hydrogens is 347 g/mol. The number of rotatable bonds is 8. The first-order valence-electron chi connectivity index (χ1n) is 5.99. The zero-order valence-corrected chi connectivity index (χ0v) is 19.6. The minimum Gasteiger partial charge on any atom is -0.790 e. The van der Waals surface area contributed by atoms with Crippen LogP contribution in [-0.4, -0.2) is 12.5 Å². The van der Waals surface area contributed by atoms with Crippen LogP contribution in [0, 0.1) is 0 Å². The monoisotopic (exact) mass is 363 g/mol. The molecule has 0 bridgehead atoms. The summed E-state index contributed by atoms with van der Waals surface area (Å²) in [5.74, 6) is -0.0922. The molecule has 0 saturated carbocycles. The third-order valence-corrected chi connectivity index (χ3v) is 2.85. The van der Waals surface area contributed by atoms with Crippen LogP contribution >= 0.6 is 7.82 Å². The summed E-state index contributed by atoms with van der Waals surface area (Å²) in [6, 6.07) is 9.12. The summed E-state index contributed by atoms with van der Waals surface area (Å²) in [6.07, 6.45) is 2.03. The van der Waals surface area contributed by atoms with Gasteiger partial charge in [-0.3, -0.25) is 4.79 Å². The largest absolute Gasteiger partial charge is 1.00 e. The second kappa shape index (κ2) is 14.4. The zero-order chi connectivity index (χ0) is 14.1. The van der Waals surface area contributed by atoms with Crippen LogP contribution in [0.5, 0.6) is 0 Å². The molecule has 0 atom stereocenters. The third kappa shape index (κ3) is 15.3. The number of nitrogens with one attached hydrogen (secondary N) is 1. The zero-order valence-electron chi connectivity index (χ0n) is 12.4. The molecule has 1 rings (SSSR count). The van der Waals surface area contributed by atoms with Gasteiger partial charge in [0.1, 0.15) is 0 Å². The van der Waals surface area contributed by atoms with Gasteiger partial charge < -0.3 is 24.2 Å². The molecule has 1 N–H and O–H groups in total. The molecule has 0 saturated heterocycles. The van der Waals surface area contributed by atoms with Crippen LogP contribution in [0.1, 0.15) is 25.7 Å². The first kappa shape index (κ1) is 25.3. The molecule has 6 nitrogen and oxygen atoms in total. The second-order valence-corrected chi connectivity index (χ2v) is 5.16. The van der Waals surface area contributed by atoms with Crippen LogP contribution in [0.4, 0.5) is 5.69 Å². The van der Waals surface area contributed by atoms with Gasteiger partial charge in [0.2, 0.25) is 5.91 Å². The van der Waals surface area contributed by atoms with Gasteiger partial charge in [0.15, 0.2) is 0 Å². The van der Waals surface area contributed by atoms with Crippen molar-refractivity contribution >= 4 is 19.4 Å². The fourth-order valence-corrected chi connectivity index (χ4v) is 1.84.